The average molecular weight is 311 g/mol. The molecule has 0 radical (unpaired) electrons. The fourth-order valence-corrected chi connectivity index (χ4v) is 3.67. The Morgan fingerprint density at radius 2 is 2.22 bits per heavy atom. The lowest BCUT2D eigenvalue weighted by Crippen LogP contribution is -2.39. The summed E-state index contributed by atoms with van der Waals surface area (Å²) in [4.78, 5) is 21.4. The molecule has 120 valence electrons. The summed E-state index contributed by atoms with van der Waals surface area (Å²) in [6, 6.07) is 8.34. The van der Waals surface area contributed by atoms with Crippen molar-refractivity contribution in [2.45, 2.75) is 32.2 Å². The van der Waals surface area contributed by atoms with Crippen molar-refractivity contribution in [3.63, 3.8) is 0 Å². The van der Waals surface area contributed by atoms with Crippen molar-refractivity contribution in [2.24, 2.45) is 0 Å². The molecule has 1 fully saturated rings. The molecule has 3 heterocycles. The molecule has 1 amide bonds. The zero-order valence-electron chi connectivity index (χ0n) is 13.3. The summed E-state index contributed by atoms with van der Waals surface area (Å²) in [6.45, 7) is 4.06. The molecule has 4 rings (SSSR count). The largest absolute Gasteiger partial charge is 0.311 e. The summed E-state index contributed by atoms with van der Waals surface area (Å²) in [5.41, 5.74) is 2.34. The first-order chi connectivity index (χ1) is 11.2. The highest BCUT2D eigenvalue weighted by atomic mass is 16.2. The van der Waals surface area contributed by atoms with Crippen molar-refractivity contribution in [2.75, 3.05) is 24.5 Å². The third-order valence-electron chi connectivity index (χ3n) is 4.80. The van der Waals surface area contributed by atoms with Crippen LogP contribution in [-0.2, 0) is 11.2 Å². The van der Waals surface area contributed by atoms with Gasteiger partial charge in [0, 0.05) is 12.2 Å². The molecule has 1 atom stereocenters. The minimum atomic E-state index is 0.154. The summed E-state index contributed by atoms with van der Waals surface area (Å²) < 4.78 is 0. The summed E-state index contributed by atoms with van der Waals surface area (Å²) in [5, 5.41) is 7.19. The number of benzene rings is 1. The maximum absolute atomic E-state index is 12.8. The van der Waals surface area contributed by atoms with E-state index in [0.717, 1.165) is 49.7 Å². The fraction of sp³-hybridized carbons (Fsp3) is 0.471. The van der Waals surface area contributed by atoms with E-state index in [9.17, 15) is 4.79 Å². The molecule has 1 aromatic carbocycles. The van der Waals surface area contributed by atoms with Gasteiger partial charge in [-0.1, -0.05) is 18.2 Å². The molecule has 2 aromatic rings. The molecule has 6 heteroatoms. The van der Waals surface area contributed by atoms with Gasteiger partial charge in [-0.3, -0.25) is 14.8 Å². The number of H-pyrrole nitrogens is 1. The Bertz CT molecular complexity index is 725. The van der Waals surface area contributed by atoms with Crippen LogP contribution in [0.3, 0.4) is 0 Å². The third-order valence-corrected chi connectivity index (χ3v) is 4.80. The highest BCUT2D eigenvalue weighted by Crippen LogP contribution is 2.31. The molecule has 1 saturated heterocycles. The van der Waals surface area contributed by atoms with Gasteiger partial charge in [-0.15, -0.1) is 0 Å². The van der Waals surface area contributed by atoms with Crippen molar-refractivity contribution in [1.82, 2.24) is 20.1 Å². The van der Waals surface area contributed by atoms with Gasteiger partial charge in [-0.25, -0.2) is 4.98 Å². The maximum Gasteiger partial charge on any atom is 0.241 e. The van der Waals surface area contributed by atoms with Gasteiger partial charge >= 0.3 is 0 Å². The van der Waals surface area contributed by atoms with E-state index in [1.54, 1.807) is 0 Å². The third kappa shape index (κ3) is 2.63. The fourth-order valence-electron chi connectivity index (χ4n) is 3.67. The standard InChI is InChI=1S/C17H21N5O/c1-12-18-17(20-19-12)15-7-4-9-21(15)11-16(23)22-10-8-13-5-2-3-6-14(13)22/h2-3,5-6,15H,4,7-11H2,1H3,(H,18,19,20). The first-order valence-electron chi connectivity index (χ1n) is 8.23. The number of hydrogen-bond donors (Lipinski definition) is 1. The Morgan fingerprint density at radius 1 is 1.35 bits per heavy atom. The summed E-state index contributed by atoms with van der Waals surface area (Å²) in [6.07, 6.45) is 3.05. The van der Waals surface area contributed by atoms with E-state index >= 15 is 0 Å². The van der Waals surface area contributed by atoms with Crippen LogP contribution in [-0.4, -0.2) is 45.6 Å². The number of rotatable bonds is 3. The Morgan fingerprint density at radius 3 is 3.04 bits per heavy atom. The normalized spacial score (nSPS) is 20.9. The quantitative estimate of drug-likeness (QED) is 0.939. The minimum absolute atomic E-state index is 0.154. The van der Waals surface area contributed by atoms with Gasteiger partial charge < -0.3 is 4.90 Å². The number of carbonyl (C=O) groups excluding carboxylic acids is 1. The number of nitrogens with zero attached hydrogens (tertiary/aromatic N) is 4. The van der Waals surface area contributed by atoms with E-state index < -0.39 is 0 Å². The molecule has 1 N–H and O–H groups in total. The molecule has 0 aliphatic carbocycles. The topological polar surface area (TPSA) is 65.1 Å². The molecule has 2 aliphatic rings. The van der Waals surface area contributed by atoms with E-state index in [1.165, 1.54) is 5.56 Å². The van der Waals surface area contributed by atoms with Crippen LogP contribution in [0, 0.1) is 6.92 Å². The van der Waals surface area contributed by atoms with Gasteiger partial charge in [0.1, 0.15) is 5.82 Å². The predicted octanol–water partition coefficient (Wildman–Crippen LogP) is 1.84. The Hall–Kier alpha value is -2.21. The first-order valence-corrected chi connectivity index (χ1v) is 8.23. The van der Waals surface area contributed by atoms with Gasteiger partial charge in [-0.05, 0) is 44.4 Å². The highest BCUT2D eigenvalue weighted by Gasteiger charge is 2.33. The molecule has 6 nitrogen and oxygen atoms in total. The molecule has 1 aromatic heterocycles. The number of carbonyl (C=O) groups is 1. The van der Waals surface area contributed by atoms with Crippen molar-refractivity contribution in [1.29, 1.82) is 0 Å². The van der Waals surface area contributed by atoms with Crippen LogP contribution in [0.15, 0.2) is 24.3 Å². The molecule has 0 bridgehead atoms. The van der Waals surface area contributed by atoms with Crippen LogP contribution in [0.5, 0.6) is 0 Å². The number of aromatic nitrogens is 3. The van der Waals surface area contributed by atoms with Gasteiger partial charge in [0.2, 0.25) is 5.91 Å². The van der Waals surface area contributed by atoms with Crippen LogP contribution in [0.4, 0.5) is 5.69 Å². The number of para-hydroxylation sites is 1. The minimum Gasteiger partial charge on any atom is -0.311 e. The van der Waals surface area contributed by atoms with Crippen LogP contribution in [0.1, 0.15) is 36.1 Å². The molecule has 0 saturated carbocycles. The summed E-state index contributed by atoms with van der Waals surface area (Å²) in [7, 11) is 0. The molecule has 1 unspecified atom stereocenters. The van der Waals surface area contributed by atoms with Crippen LogP contribution < -0.4 is 4.90 Å². The zero-order chi connectivity index (χ0) is 15.8. The average Bonchev–Trinajstić information content (AvgIpc) is 3.25. The number of amides is 1. The summed E-state index contributed by atoms with van der Waals surface area (Å²) >= 11 is 0. The monoisotopic (exact) mass is 311 g/mol. The molecule has 0 spiro atoms. The van der Waals surface area contributed by atoms with Gasteiger partial charge in [0.25, 0.3) is 0 Å². The lowest BCUT2D eigenvalue weighted by atomic mass is 10.2. The van der Waals surface area contributed by atoms with Crippen molar-refractivity contribution < 1.29 is 4.79 Å². The number of aromatic amines is 1. The SMILES string of the molecule is Cc1nc(C2CCCN2CC(=O)N2CCc3ccccc32)n[nH]1. The summed E-state index contributed by atoms with van der Waals surface area (Å²) in [5.74, 6) is 1.82. The Labute approximate surface area is 135 Å². The number of anilines is 1. The van der Waals surface area contributed by atoms with E-state index in [0.29, 0.717) is 6.54 Å². The van der Waals surface area contributed by atoms with E-state index in [-0.39, 0.29) is 11.9 Å². The Balaban J connectivity index is 1.48. The van der Waals surface area contributed by atoms with Crippen LogP contribution >= 0.6 is 0 Å². The lowest BCUT2D eigenvalue weighted by molar-refractivity contribution is -0.119. The number of fused-ring (bicyclic) bond motifs is 1. The van der Waals surface area contributed by atoms with E-state index in [4.69, 9.17) is 0 Å². The smallest absolute Gasteiger partial charge is 0.241 e. The number of aryl methyl sites for hydroxylation is 1. The van der Waals surface area contributed by atoms with Crippen LogP contribution in [0.2, 0.25) is 0 Å². The Kier molecular flexibility index (Phi) is 3.61. The highest BCUT2D eigenvalue weighted by molar-refractivity contribution is 5.96. The second-order valence-electron chi connectivity index (χ2n) is 6.33. The van der Waals surface area contributed by atoms with E-state index in [1.807, 2.05) is 30.0 Å². The molecule has 2 aliphatic heterocycles. The molecular weight excluding hydrogens is 290 g/mol. The molecular formula is C17H21N5O. The van der Waals surface area contributed by atoms with Gasteiger partial charge in [0.15, 0.2) is 5.82 Å². The van der Waals surface area contributed by atoms with Gasteiger partial charge in [-0.2, -0.15) is 5.10 Å². The second kappa shape index (κ2) is 5.77. The number of nitrogens with one attached hydrogen (secondary N) is 1. The first kappa shape index (κ1) is 14.4. The van der Waals surface area contributed by atoms with Crippen LogP contribution in [0.25, 0.3) is 0 Å². The van der Waals surface area contributed by atoms with Gasteiger partial charge in [0.05, 0.1) is 12.6 Å². The van der Waals surface area contributed by atoms with Crippen molar-refractivity contribution >= 4 is 11.6 Å². The lowest BCUT2D eigenvalue weighted by Gasteiger charge is -2.25. The second-order valence-corrected chi connectivity index (χ2v) is 6.33. The van der Waals surface area contributed by atoms with Crippen molar-refractivity contribution in [3.05, 3.63) is 41.5 Å². The number of hydrogen-bond acceptors (Lipinski definition) is 4. The zero-order valence-corrected chi connectivity index (χ0v) is 13.3. The number of likely N-dealkylation sites (tertiary alicyclic amines) is 1. The maximum atomic E-state index is 12.8. The van der Waals surface area contributed by atoms with E-state index in [2.05, 4.69) is 26.1 Å². The molecule has 23 heavy (non-hydrogen) atoms. The van der Waals surface area contributed by atoms with Crippen molar-refractivity contribution in [3.8, 4) is 0 Å². The predicted molar refractivity (Wildman–Crippen MR) is 87.2 cm³/mol.